The number of carbonyl (C=O) groups excluding carboxylic acids is 3. The number of ether oxygens (including phenoxy) is 1. The van der Waals surface area contributed by atoms with E-state index in [1.54, 1.807) is 37.3 Å². The number of aryl methyl sites for hydroxylation is 1. The molecule has 0 spiro atoms. The van der Waals surface area contributed by atoms with Crippen LogP contribution in [0.4, 0.5) is 26.7 Å². The number of hydrogen-bond donors (Lipinski definition) is 3. The number of primary amides is 1. The van der Waals surface area contributed by atoms with E-state index in [2.05, 4.69) is 10.3 Å². The van der Waals surface area contributed by atoms with Gasteiger partial charge in [-0.1, -0.05) is 23.5 Å². The molecule has 0 aliphatic rings. The van der Waals surface area contributed by atoms with Crippen LogP contribution in [0.3, 0.4) is 0 Å². The van der Waals surface area contributed by atoms with Gasteiger partial charge in [-0.15, -0.1) is 0 Å². The van der Waals surface area contributed by atoms with Gasteiger partial charge in [0.25, 0.3) is 5.91 Å². The number of anilines is 4. The van der Waals surface area contributed by atoms with Crippen LogP contribution in [0.2, 0.25) is 0 Å². The minimum Gasteiger partial charge on any atom is -0.484 e. The number of carbonyl (C=O) groups is 3. The Bertz CT molecular complexity index is 1510. The minimum atomic E-state index is -0.844. The minimum absolute atomic E-state index is 0.0167. The van der Waals surface area contributed by atoms with E-state index in [9.17, 15) is 18.8 Å². The van der Waals surface area contributed by atoms with Gasteiger partial charge in [-0.3, -0.25) is 14.4 Å². The second-order valence-electron chi connectivity index (χ2n) is 8.70. The zero-order valence-corrected chi connectivity index (χ0v) is 22.0. The zero-order chi connectivity index (χ0) is 28.1. The summed E-state index contributed by atoms with van der Waals surface area (Å²) in [6.07, 6.45) is 0. The lowest BCUT2D eigenvalue weighted by molar-refractivity contribution is -0.119. The van der Waals surface area contributed by atoms with Crippen LogP contribution in [0.25, 0.3) is 0 Å². The summed E-state index contributed by atoms with van der Waals surface area (Å²) in [6.45, 7) is 3.30. The Morgan fingerprint density at radius 1 is 1.08 bits per heavy atom. The van der Waals surface area contributed by atoms with E-state index in [-0.39, 0.29) is 34.1 Å². The van der Waals surface area contributed by atoms with E-state index in [4.69, 9.17) is 16.2 Å². The highest BCUT2D eigenvalue weighted by molar-refractivity contribution is 7.18. The van der Waals surface area contributed by atoms with Gasteiger partial charge in [0.2, 0.25) is 11.7 Å². The molecule has 1 heterocycles. The monoisotopic (exact) mass is 547 g/mol. The fraction of sp³-hybridized carbons (Fsp3) is 0.143. The number of ketones is 1. The fourth-order valence-corrected chi connectivity index (χ4v) is 4.77. The molecule has 0 saturated heterocycles. The van der Waals surface area contributed by atoms with Crippen LogP contribution in [-0.4, -0.2) is 35.2 Å². The van der Waals surface area contributed by atoms with Crippen molar-refractivity contribution in [3.05, 3.63) is 94.6 Å². The number of nitrogen functional groups attached to an aromatic ring is 1. The number of halogens is 1. The van der Waals surface area contributed by atoms with Crippen molar-refractivity contribution in [3.8, 4) is 5.75 Å². The van der Waals surface area contributed by atoms with Crippen molar-refractivity contribution in [2.75, 3.05) is 22.6 Å². The van der Waals surface area contributed by atoms with Crippen LogP contribution in [0.1, 0.15) is 27.7 Å². The van der Waals surface area contributed by atoms with Crippen molar-refractivity contribution in [2.24, 2.45) is 5.73 Å². The maximum atomic E-state index is 13.5. The predicted molar refractivity (Wildman–Crippen MR) is 149 cm³/mol. The van der Waals surface area contributed by atoms with E-state index < -0.39 is 17.8 Å². The molecule has 4 rings (SSSR count). The molecule has 9 nitrogen and oxygen atoms in total. The van der Waals surface area contributed by atoms with Crippen LogP contribution >= 0.6 is 11.3 Å². The van der Waals surface area contributed by atoms with E-state index in [0.29, 0.717) is 22.7 Å². The summed E-state index contributed by atoms with van der Waals surface area (Å²) in [5.74, 6) is -1.39. The smallest absolute Gasteiger partial charge is 0.262 e. The molecule has 1 unspecified atom stereocenters. The number of thiazole rings is 1. The van der Waals surface area contributed by atoms with Gasteiger partial charge in [-0.25, -0.2) is 9.37 Å². The summed E-state index contributed by atoms with van der Waals surface area (Å²) >= 11 is 0.990. The van der Waals surface area contributed by atoms with Crippen LogP contribution in [-0.2, 0) is 9.59 Å². The van der Waals surface area contributed by atoms with Gasteiger partial charge in [0.05, 0.1) is 0 Å². The van der Waals surface area contributed by atoms with Crippen molar-refractivity contribution in [3.63, 3.8) is 0 Å². The Morgan fingerprint density at radius 3 is 2.41 bits per heavy atom. The number of rotatable bonds is 10. The third-order valence-electron chi connectivity index (χ3n) is 5.75. The largest absolute Gasteiger partial charge is 0.484 e. The second-order valence-corrected chi connectivity index (χ2v) is 9.67. The molecule has 200 valence electrons. The molecule has 39 heavy (non-hydrogen) atoms. The van der Waals surface area contributed by atoms with Crippen molar-refractivity contribution < 1.29 is 23.5 Å². The van der Waals surface area contributed by atoms with E-state index in [1.807, 2.05) is 25.1 Å². The summed E-state index contributed by atoms with van der Waals surface area (Å²) in [6, 6.07) is 18.3. The number of aromatic nitrogens is 1. The highest BCUT2D eigenvalue weighted by Crippen LogP contribution is 2.36. The van der Waals surface area contributed by atoms with Gasteiger partial charge in [0, 0.05) is 16.9 Å². The molecule has 0 saturated carbocycles. The molecular weight excluding hydrogens is 521 g/mol. The van der Waals surface area contributed by atoms with Crippen molar-refractivity contribution in [1.29, 1.82) is 0 Å². The molecule has 3 aromatic carbocycles. The summed E-state index contributed by atoms with van der Waals surface area (Å²) < 4.78 is 19.0. The van der Waals surface area contributed by atoms with Gasteiger partial charge in [-0.05, 0) is 80.1 Å². The lowest BCUT2D eigenvalue weighted by atomic mass is 10.1. The van der Waals surface area contributed by atoms with Gasteiger partial charge in [0.1, 0.15) is 28.3 Å². The predicted octanol–water partition coefficient (Wildman–Crippen LogP) is 4.43. The number of amides is 2. The molecule has 11 heteroatoms. The number of benzene rings is 3. The molecule has 0 radical (unpaired) electrons. The zero-order valence-electron chi connectivity index (χ0n) is 21.2. The Kier molecular flexibility index (Phi) is 8.21. The third-order valence-corrected chi connectivity index (χ3v) is 6.82. The highest BCUT2D eigenvalue weighted by Gasteiger charge is 2.27. The number of nitrogens with one attached hydrogen (secondary N) is 1. The Hall–Kier alpha value is -4.77. The first kappa shape index (κ1) is 27.3. The van der Waals surface area contributed by atoms with Crippen LogP contribution in [0, 0.1) is 12.7 Å². The molecule has 4 aromatic rings. The SMILES string of the molecule is Cc1cccc(NC(=O)COc2ccc(C(=O)c3sc(N(c4ccc(F)cc4)C(C)C(N)=O)nc3N)cc2)c1. The van der Waals surface area contributed by atoms with E-state index >= 15 is 0 Å². The second kappa shape index (κ2) is 11.7. The first-order valence-corrected chi connectivity index (χ1v) is 12.7. The van der Waals surface area contributed by atoms with Gasteiger partial charge in [-0.2, -0.15) is 0 Å². The quantitative estimate of drug-likeness (QED) is 0.249. The molecule has 0 bridgehead atoms. The average Bonchev–Trinajstić information content (AvgIpc) is 3.29. The Balaban J connectivity index is 1.47. The van der Waals surface area contributed by atoms with Crippen LogP contribution in [0.5, 0.6) is 5.75 Å². The molecule has 0 fully saturated rings. The van der Waals surface area contributed by atoms with Gasteiger partial charge >= 0.3 is 0 Å². The summed E-state index contributed by atoms with van der Waals surface area (Å²) in [5.41, 5.74) is 14.1. The standard InChI is InChI=1S/C28H26FN5O4S/c1-16-4-3-5-20(14-16)32-23(35)15-38-22-12-6-18(7-13-22)24(36)25-26(30)33-28(39-25)34(17(2)27(31)37)21-10-8-19(29)9-11-21/h3-14,17H,15,30H2,1-2H3,(H2,31,37)(H,32,35). The highest BCUT2D eigenvalue weighted by atomic mass is 32.1. The Morgan fingerprint density at radius 2 is 1.77 bits per heavy atom. The molecule has 0 aliphatic carbocycles. The lowest BCUT2D eigenvalue weighted by Gasteiger charge is -2.26. The molecule has 1 aromatic heterocycles. The Labute approximate surface area is 228 Å². The van der Waals surface area contributed by atoms with Crippen molar-refractivity contribution in [2.45, 2.75) is 19.9 Å². The average molecular weight is 548 g/mol. The van der Waals surface area contributed by atoms with E-state index in [0.717, 1.165) is 16.9 Å². The molecule has 1 atom stereocenters. The summed E-state index contributed by atoms with van der Waals surface area (Å²) in [5, 5.41) is 3.02. The first-order valence-electron chi connectivity index (χ1n) is 11.9. The normalized spacial score (nSPS) is 11.5. The van der Waals surface area contributed by atoms with Crippen LogP contribution in [0.15, 0.2) is 72.8 Å². The van der Waals surface area contributed by atoms with Gasteiger partial charge in [0.15, 0.2) is 11.7 Å². The number of nitrogens with two attached hydrogens (primary N) is 2. The van der Waals surface area contributed by atoms with Crippen molar-refractivity contribution >= 4 is 51.3 Å². The summed E-state index contributed by atoms with van der Waals surface area (Å²) in [4.78, 5) is 43.4. The third kappa shape index (κ3) is 6.57. The molecular formula is C28H26FN5O4S. The first-order chi connectivity index (χ1) is 18.6. The van der Waals surface area contributed by atoms with E-state index in [1.165, 1.54) is 29.2 Å². The number of hydrogen-bond acceptors (Lipinski definition) is 8. The molecule has 2 amide bonds. The lowest BCUT2D eigenvalue weighted by Crippen LogP contribution is -2.39. The molecule has 5 N–H and O–H groups in total. The fourth-order valence-electron chi connectivity index (χ4n) is 3.72. The van der Waals surface area contributed by atoms with Crippen molar-refractivity contribution in [1.82, 2.24) is 4.98 Å². The molecule has 0 aliphatic heterocycles. The topological polar surface area (TPSA) is 141 Å². The van der Waals surface area contributed by atoms with Crippen LogP contribution < -0.4 is 26.4 Å². The maximum Gasteiger partial charge on any atom is 0.262 e. The number of nitrogens with zero attached hydrogens (tertiary/aromatic N) is 2. The maximum absolute atomic E-state index is 13.5. The van der Waals surface area contributed by atoms with Gasteiger partial charge < -0.3 is 26.4 Å². The summed E-state index contributed by atoms with van der Waals surface area (Å²) in [7, 11) is 0.